The molecule has 0 amide bonds. The molecule has 0 fully saturated rings. The molecule has 1 N–H and O–H groups in total. The van der Waals surface area contributed by atoms with Crippen LogP contribution in [0.5, 0.6) is 0 Å². The maximum atomic E-state index is 12.4. The molecule has 1 aromatic carbocycles. The summed E-state index contributed by atoms with van der Waals surface area (Å²) < 4.78 is 1.39. The zero-order chi connectivity index (χ0) is 20.3. The number of aromatic nitrogens is 1. The molecule has 28 heavy (non-hydrogen) atoms. The fourth-order valence-corrected chi connectivity index (χ4v) is 3.12. The number of nitrogens with zero attached hydrogens (tertiary/aromatic N) is 3. The standard InChI is InChI=1S/C22H21N3O3/c1-15(14-24(3)23-2)17-9-7-16(8-10-17)12-18-13-19(22(27)28)21(26)25-11-5-4-6-20(18)25/h4-11,13-14H,2,12H2,1,3H3,(H,27,28)/b15-14+. The lowest BCUT2D eigenvalue weighted by molar-refractivity contribution is 0.0694. The molecule has 0 aliphatic rings. The van der Waals surface area contributed by atoms with Crippen LogP contribution in [0.4, 0.5) is 0 Å². The smallest absolute Gasteiger partial charge is 0.341 e. The Labute approximate surface area is 162 Å². The van der Waals surface area contributed by atoms with Crippen LogP contribution in [0, 0.1) is 0 Å². The number of benzene rings is 1. The van der Waals surface area contributed by atoms with Gasteiger partial charge < -0.3 is 5.11 Å². The van der Waals surface area contributed by atoms with Gasteiger partial charge in [-0.05, 0) is 53.8 Å². The minimum atomic E-state index is -1.22. The Balaban J connectivity index is 1.98. The quantitative estimate of drug-likeness (QED) is 0.529. The number of rotatable bonds is 6. The van der Waals surface area contributed by atoms with Crippen LogP contribution >= 0.6 is 0 Å². The lowest BCUT2D eigenvalue weighted by Gasteiger charge is -2.11. The number of carbonyl (C=O) groups is 1. The van der Waals surface area contributed by atoms with E-state index in [2.05, 4.69) is 11.8 Å². The van der Waals surface area contributed by atoms with Gasteiger partial charge in [-0.15, -0.1) is 0 Å². The maximum Gasteiger partial charge on any atom is 0.341 e. The van der Waals surface area contributed by atoms with E-state index in [0.717, 1.165) is 22.3 Å². The first-order valence-corrected chi connectivity index (χ1v) is 8.74. The topological polar surface area (TPSA) is 74.4 Å². The Morgan fingerprint density at radius 2 is 1.96 bits per heavy atom. The van der Waals surface area contributed by atoms with E-state index in [1.54, 1.807) is 17.3 Å². The molecule has 2 aromatic heterocycles. The second kappa shape index (κ2) is 7.92. The normalized spacial score (nSPS) is 11.4. The van der Waals surface area contributed by atoms with E-state index in [1.165, 1.54) is 10.5 Å². The number of hydrogen-bond acceptors (Lipinski definition) is 4. The molecule has 0 bridgehead atoms. The highest BCUT2D eigenvalue weighted by Gasteiger charge is 2.14. The molecule has 0 saturated heterocycles. The number of aromatic carboxylic acids is 1. The fraction of sp³-hybridized carbons (Fsp3) is 0.136. The average molecular weight is 375 g/mol. The summed E-state index contributed by atoms with van der Waals surface area (Å²) in [6, 6.07) is 14.9. The first kappa shape index (κ1) is 19.1. The molecule has 3 aromatic rings. The van der Waals surface area contributed by atoms with Crippen LogP contribution in [-0.2, 0) is 6.42 Å². The summed E-state index contributed by atoms with van der Waals surface area (Å²) >= 11 is 0. The van der Waals surface area contributed by atoms with Crippen LogP contribution in [-0.4, -0.2) is 34.3 Å². The molecule has 6 nitrogen and oxygen atoms in total. The van der Waals surface area contributed by atoms with Gasteiger partial charge in [0.25, 0.3) is 5.56 Å². The van der Waals surface area contributed by atoms with E-state index in [0.29, 0.717) is 11.9 Å². The van der Waals surface area contributed by atoms with E-state index < -0.39 is 11.5 Å². The summed E-state index contributed by atoms with van der Waals surface area (Å²) in [5, 5.41) is 14.8. The molecule has 0 atom stereocenters. The first-order chi connectivity index (χ1) is 13.4. The molecule has 0 saturated carbocycles. The molecule has 0 aliphatic heterocycles. The van der Waals surface area contributed by atoms with E-state index >= 15 is 0 Å². The van der Waals surface area contributed by atoms with E-state index in [4.69, 9.17) is 0 Å². The Hall–Kier alpha value is -3.67. The van der Waals surface area contributed by atoms with E-state index in [-0.39, 0.29) is 5.56 Å². The highest BCUT2D eigenvalue weighted by atomic mass is 16.4. The van der Waals surface area contributed by atoms with Crippen molar-refractivity contribution in [2.24, 2.45) is 5.10 Å². The van der Waals surface area contributed by atoms with Crippen molar-refractivity contribution in [3.05, 3.63) is 93.5 Å². The number of fused-ring (bicyclic) bond motifs is 1. The van der Waals surface area contributed by atoms with Gasteiger partial charge in [-0.2, -0.15) is 5.10 Å². The largest absolute Gasteiger partial charge is 0.477 e. The number of carboxylic acid groups (broad SMARTS) is 1. The van der Waals surface area contributed by atoms with Gasteiger partial charge in [0, 0.05) is 26.2 Å². The predicted molar refractivity (Wildman–Crippen MR) is 111 cm³/mol. The highest BCUT2D eigenvalue weighted by Crippen LogP contribution is 2.19. The van der Waals surface area contributed by atoms with Crippen molar-refractivity contribution in [3.8, 4) is 0 Å². The third-order valence-electron chi connectivity index (χ3n) is 4.59. The number of hydrogen-bond donors (Lipinski definition) is 1. The van der Waals surface area contributed by atoms with Gasteiger partial charge in [0.1, 0.15) is 5.56 Å². The second-order valence-corrected chi connectivity index (χ2v) is 6.55. The molecule has 2 heterocycles. The minimum Gasteiger partial charge on any atom is -0.477 e. The molecule has 142 valence electrons. The van der Waals surface area contributed by atoms with Gasteiger partial charge in [0.05, 0.1) is 5.52 Å². The highest BCUT2D eigenvalue weighted by molar-refractivity contribution is 5.88. The third kappa shape index (κ3) is 3.86. The average Bonchev–Trinajstić information content (AvgIpc) is 2.70. The molecule has 0 radical (unpaired) electrons. The zero-order valence-corrected chi connectivity index (χ0v) is 15.8. The van der Waals surface area contributed by atoms with Crippen molar-refractivity contribution in [1.29, 1.82) is 0 Å². The lowest BCUT2D eigenvalue weighted by atomic mass is 9.99. The van der Waals surface area contributed by atoms with Gasteiger partial charge in [0.2, 0.25) is 0 Å². The van der Waals surface area contributed by atoms with Crippen molar-refractivity contribution in [3.63, 3.8) is 0 Å². The zero-order valence-electron chi connectivity index (χ0n) is 15.8. The molecule has 0 unspecified atom stereocenters. The van der Waals surface area contributed by atoms with Gasteiger partial charge >= 0.3 is 5.97 Å². The van der Waals surface area contributed by atoms with Gasteiger partial charge in [-0.1, -0.05) is 30.3 Å². The van der Waals surface area contributed by atoms with Crippen LogP contribution in [0.25, 0.3) is 11.1 Å². The van der Waals surface area contributed by atoms with Crippen molar-refractivity contribution < 1.29 is 9.90 Å². The first-order valence-electron chi connectivity index (χ1n) is 8.74. The Morgan fingerprint density at radius 3 is 2.61 bits per heavy atom. The van der Waals surface area contributed by atoms with Crippen molar-refractivity contribution >= 4 is 23.8 Å². The summed E-state index contributed by atoms with van der Waals surface area (Å²) in [6.45, 7) is 5.48. The van der Waals surface area contributed by atoms with Gasteiger partial charge in [-0.3, -0.25) is 14.2 Å². The van der Waals surface area contributed by atoms with Gasteiger partial charge in [-0.25, -0.2) is 4.79 Å². The SMILES string of the molecule is C=NN(C)/C=C(\C)c1ccc(Cc2cc(C(=O)O)c(=O)n3ccccc23)cc1. The molecular weight excluding hydrogens is 354 g/mol. The Morgan fingerprint density at radius 1 is 1.25 bits per heavy atom. The number of pyridine rings is 2. The van der Waals surface area contributed by atoms with E-state index in [9.17, 15) is 14.7 Å². The summed E-state index contributed by atoms with van der Waals surface area (Å²) in [7, 11) is 1.81. The monoisotopic (exact) mass is 375 g/mol. The van der Waals surface area contributed by atoms with E-state index in [1.807, 2.05) is 56.6 Å². The summed E-state index contributed by atoms with van der Waals surface area (Å²) in [6.07, 6.45) is 4.00. The fourth-order valence-electron chi connectivity index (χ4n) is 3.12. The number of hydrazone groups is 1. The molecular formula is C22H21N3O3. The lowest BCUT2D eigenvalue weighted by Crippen LogP contribution is -2.23. The van der Waals surface area contributed by atoms with Crippen LogP contribution in [0.2, 0.25) is 0 Å². The summed E-state index contributed by atoms with van der Waals surface area (Å²) in [4.78, 5) is 23.8. The Kier molecular flexibility index (Phi) is 5.40. The summed E-state index contributed by atoms with van der Waals surface area (Å²) in [5.41, 5.74) is 3.86. The number of allylic oxidation sites excluding steroid dienone is 1. The van der Waals surface area contributed by atoms with Crippen LogP contribution in [0.15, 0.2) is 70.8 Å². The minimum absolute atomic E-state index is 0.228. The molecule has 6 heteroatoms. The van der Waals surface area contributed by atoms with Crippen molar-refractivity contribution in [2.75, 3.05) is 7.05 Å². The van der Waals surface area contributed by atoms with Gasteiger partial charge in [0.15, 0.2) is 0 Å². The predicted octanol–water partition coefficient (Wildman–Crippen LogP) is 3.50. The second-order valence-electron chi connectivity index (χ2n) is 6.55. The molecule has 0 aliphatic carbocycles. The molecule has 0 spiro atoms. The van der Waals surface area contributed by atoms with Crippen LogP contribution < -0.4 is 5.56 Å². The number of carboxylic acids is 1. The van der Waals surface area contributed by atoms with Crippen molar-refractivity contribution in [2.45, 2.75) is 13.3 Å². The van der Waals surface area contributed by atoms with Crippen molar-refractivity contribution in [1.82, 2.24) is 9.41 Å². The third-order valence-corrected chi connectivity index (χ3v) is 4.59. The van der Waals surface area contributed by atoms with Crippen LogP contribution in [0.1, 0.15) is 34.0 Å². The maximum absolute atomic E-state index is 12.4. The van der Waals surface area contributed by atoms with Crippen LogP contribution in [0.3, 0.4) is 0 Å². The summed E-state index contributed by atoms with van der Waals surface area (Å²) in [5.74, 6) is -1.22. The molecule has 3 rings (SSSR count). The Bertz CT molecular complexity index is 1130.